The van der Waals surface area contributed by atoms with Crippen molar-refractivity contribution in [2.45, 2.75) is 73.7 Å². The van der Waals surface area contributed by atoms with Gasteiger partial charge in [-0.05, 0) is 84.4 Å². The van der Waals surface area contributed by atoms with Crippen molar-refractivity contribution in [1.29, 1.82) is 0 Å². The van der Waals surface area contributed by atoms with E-state index in [2.05, 4.69) is 5.32 Å². The van der Waals surface area contributed by atoms with Crippen LogP contribution >= 0.6 is 11.8 Å². The number of rotatable bonds is 10. The SMILES string of the molecule is CN[C@@H]1[C@H](O[C@@H]2c3cc4c(cc3[C@H](SCC(=O)OC)[C@H]2OC(=O)c2c(O)ccc3c(C)cc(OC)cc23)[C@@](O)([C@H]2COC(=O)O2)C=C4)O[C@@H](C)[C@@H](O)[C@H]1O. The summed E-state index contributed by atoms with van der Waals surface area (Å²) in [6.45, 7) is 3.23. The number of nitrogens with one attached hydrogen (secondary N) is 1. The molecule has 7 rings (SSSR count). The molecule has 0 unspecified atom stereocenters. The zero-order chi connectivity index (χ0) is 38.6. The summed E-state index contributed by atoms with van der Waals surface area (Å²) in [6, 6.07) is 9.02. The number of aromatic hydroxyl groups is 1. The number of carbonyl (C=O) groups is 3. The average molecular weight is 768 g/mol. The smallest absolute Gasteiger partial charge is 0.507 e. The van der Waals surface area contributed by atoms with Crippen LogP contribution < -0.4 is 10.1 Å². The second-order valence-electron chi connectivity index (χ2n) is 13.6. The summed E-state index contributed by atoms with van der Waals surface area (Å²) in [4.78, 5) is 38.9. The maximum absolute atomic E-state index is 14.4. The van der Waals surface area contributed by atoms with Crippen LogP contribution in [0, 0.1) is 6.92 Å². The van der Waals surface area contributed by atoms with Crippen LogP contribution in [0.2, 0.25) is 0 Å². The van der Waals surface area contributed by atoms with Gasteiger partial charge in [-0.1, -0.05) is 18.2 Å². The van der Waals surface area contributed by atoms with Crippen molar-refractivity contribution in [3.05, 3.63) is 75.9 Å². The van der Waals surface area contributed by atoms with Gasteiger partial charge in [0.25, 0.3) is 0 Å². The van der Waals surface area contributed by atoms with E-state index in [4.69, 9.17) is 33.2 Å². The lowest BCUT2D eigenvalue weighted by Gasteiger charge is -2.42. The lowest BCUT2D eigenvalue weighted by Crippen LogP contribution is -2.62. The molecule has 5 N–H and O–H groups in total. The van der Waals surface area contributed by atoms with Crippen LogP contribution in [0.1, 0.15) is 56.5 Å². The highest BCUT2D eigenvalue weighted by molar-refractivity contribution is 8.00. The third kappa shape index (κ3) is 6.44. The lowest BCUT2D eigenvalue weighted by atomic mass is 9.88. The number of phenolic OH excluding ortho intramolecular Hbond substituents is 1. The molecule has 10 atom stereocenters. The topological polar surface area (TPSA) is 209 Å². The molecule has 0 amide bonds. The summed E-state index contributed by atoms with van der Waals surface area (Å²) in [5, 5.41) is 47.8. The Kier molecular flexibility index (Phi) is 10.3. The van der Waals surface area contributed by atoms with Crippen molar-refractivity contribution in [3.8, 4) is 11.5 Å². The first-order chi connectivity index (χ1) is 25.8. The molecule has 0 aromatic heterocycles. The number of ether oxygens (including phenoxy) is 7. The highest BCUT2D eigenvalue weighted by Gasteiger charge is 2.53. The minimum Gasteiger partial charge on any atom is -0.507 e. The van der Waals surface area contributed by atoms with Gasteiger partial charge >= 0.3 is 18.1 Å². The fourth-order valence-corrected chi connectivity index (χ4v) is 8.84. The first kappa shape index (κ1) is 37.9. The van der Waals surface area contributed by atoms with Gasteiger partial charge in [0, 0.05) is 5.39 Å². The summed E-state index contributed by atoms with van der Waals surface area (Å²) in [6.07, 6.45) is -5.69. The van der Waals surface area contributed by atoms with E-state index >= 15 is 0 Å². The molecule has 0 bridgehead atoms. The van der Waals surface area contributed by atoms with Gasteiger partial charge in [0.15, 0.2) is 12.4 Å². The Balaban J connectivity index is 1.36. The van der Waals surface area contributed by atoms with Crippen molar-refractivity contribution in [2.75, 3.05) is 33.6 Å². The van der Waals surface area contributed by atoms with E-state index < -0.39 is 77.9 Å². The van der Waals surface area contributed by atoms with Gasteiger partial charge in [0.1, 0.15) is 53.7 Å². The highest BCUT2D eigenvalue weighted by Crippen LogP contribution is 2.54. The van der Waals surface area contributed by atoms with Crippen LogP contribution in [0.4, 0.5) is 4.79 Å². The number of hydrogen-bond donors (Lipinski definition) is 5. The van der Waals surface area contributed by atoms with E-state index in [1.807, 2.05) is 6.92 Å². The molecule has 3 aromatic rings. The average Bonchev–Trinajstić information content (AvgIpc) is 3.82. The van der Waals surface area contributed by atoms with Crippen LogP contribution in [-0.4, -0.2) is 115 Å². The van der Waals surface area contributed by atoms with Crippen LogP contribution in [0.3, 0.4) is 0 Å². The summed E-state index contributed by atoms with van der Waals surface area (Å²) in [5.74, 6) is -1.52. The van der Waals surface area contributed by atoms with Crippen LogP contribution in [0.25, 0.3) is 16.8 Å². The van der Waals surface area contributed by atoms with E-state index in [1.54, 1.807) is 50.4 Å². The van der Waals surface area contributed by atoms with Gasteiger partial charge in [0.2, 0.25) is 0 Å². The Bertz CT molecular complexity index is 2020. The number of aliphatic hydroxyl groups is 3. The Hall–Kier alpha value is -4.42. The molecule has 54 heavy (non-hydrogen) atoms. The molecule has 2 heterocycles. The number of benzene rings is 3. The van der Waals surface area contributed by atoms with Gasteiger partial charge in [-0.3, -0.25) is 4.79 Å². The van der Waals surface area contributed by atoms with Crippen molar-refractivity contribution in [3.63, 3.8) is 0 Å². The number of aliphatic hydroxyl groups excluding tert-OH is 2. The Morgan fingerprint density at radius 3 is 2.54 bits per heavy atom. The van der Waals surface area contributed by atoms with Crippen LogP contribution in [-0.2, 0) is 38.8 Å². The quantitative estimate of drug-likeness (QED) is 0.148. The minimum absolute atomic E-state index is 0.127. The molecule has 16 heteroatoms. The number of likely N-dealkylation sites (N-methyl/N-ethyl adjacent to an activating group) is 1. The minimum atomic E-state index is -1.77. The highest BCUT2D eigenvalue weighted by atomic mass is 32.2. The predicted molar refractivity (Wildman–Crippen MR) is 192 cm³/mol. The van der Waals surface area contributed by atoms with Crippen molar-refractivity contribution >= 4 is 46.7 Å². The molecule has 0 saturated carbocycles. The lowest BCUT2D eigenvalue weighted by molar-refractivity contribution is -0.281. The van der Waals surface area contributed by atoms with Crippen molar-refractivity contribution in [2.24, 2.45) is 0 Å². The van der Waals surface area contributed by atoms with E-state index in [0.29, 0.717) is 38.8 Å². The fraction of sp³-hybridized carbons (Fsp3) is 0.447. The molecule has 15 nitrogen and oxygen atoms in total. The standard InChI is InChI=1S/C38H41NO14S/c1-16-10-19(47-4)12-21-20(16)6-7-25(40)28(21)35(44)52-33-32(53-36-29(39-3)31(43)30(42)17(2)50-36)22-11-18-8-9-38(46,26-14-49-37(45)51-26)24(18)13-23(22)34(33)54-15-27(41)48-5/h6-13,17,26,29-34,36,39-40,42-43,46H,14-15H2,1-5H3/t17-,26+,29-,30+,31-,32+,33-,34-,36-,38+/m0/s1. The maximum Gasteiger partial charge on any atom is 0.508 e. The number of methoxy groups -OCH3 is 2. The van der Waals surface area contributed by atoms with E-state index in [9.17, 15) is 34.8 Å². The van der Waals surface area contributed by atoms with Gasteiger partial charge in [0.05, 0.1) is 37.4 Å². The number of fused-ring (bicyclic) bond motifs is 3. The normalized spacial score (nSPS) is 31.1. The molecule has 2 aliphatic carbocycles. The molecule has 2 saturated heterocycles. The van der Waals surface area contributed by atoms with Crippen LogP contribution in [0.5, 0.6) is 11.5 Å². The fourth-order valence-electron chi connectivity index (χ4n) is 7.64. The van der Waals surface area contributed by atoms with E-state index in [0.717, 1.165) is 17.3 Å². The molecule has 4 aliphatic rings. The van der Waals surface area contributed by atoms with Gasteiger partial charge in [-0.25, -0.2) is 9.59 Å². The maximum atomic E-state index is 14.4. The Morgan fingerprint density at radius 2 is 1.85 bits per heavy atom. The number of carbonyl (C=O) groups excluding carboxylic acids is 3. The predicted octanol–water partition coefficient (Wildman–Crippen LogP) is 2.91. The second-order valence-corrected chi connectivity index (χ2v) is 14.8. The summed E-state index contributed by atoms with van der Waals surface area (Å²) < 4.78 is 39.8. The van der Waals surface area contributed by atoms with Crippen molar-refractivity contribution in [1.82, 2.24) is 5.32 Å². The number of hydrogen-bond acceptors (Lipinski definition) is 16. The van der Waals surface area contributed by atoms with Gasteiger partial charge in [-0.2, -0.15) is 0 Å². The zero-order valence-corrected chi connectivity index (χ0v) is 30.8. The summed E-state index contributed by atoms with van der Waals surface area (Å²) in [5.41, 5.74) is 0.834. The summed E-state index contributed by atoms with van der Waals surface area (Å²) in [7, 11) is 4.31. The molecular weight excluding hydrogens is 726 g/mol. The van der Waals surface area contributed by atoms with Gasteiger partial charge in [-0.15, -0.1) is 11.8 Å². The molecule has 0 spiro atoms. The molecule has 3 aromatic carbocycles. The number of phenols is 1. The number of cyclic esters (lactones) is 2. The van der Waals surface area contributed by atoms with E-state index in [-0.39, 0.29) is 23.7 Å². The van der Waals surface area contributed by atoms with E-state index in [1.165, 1.54) is 26.4 Å². The van der Waals surface area contributed by atoms with Crippen molar-refractivity contribution < 1.29 is 68.0 Å². The zero-order valence-electron chi connectivity index (χ0n) is 30.0. The first-order valence-electron chi connectivity index (χ1n) is 17.3. The number of thioether (sulfide) groups is 1. The first-order valence-corrected chi connectivity index (χ1v) is 18.3. The van der Waals surface area contributed by atoms with Gasteiger partial charge < -0.3 is 58.9 Å². The molecule has 0 radical (unpaired) electrons. The molecular formula is C38H41NO14S. The monoisotopic (exact) mass is 767 g/mol. The Morgan fingerprint density at radius 1 is 1.07 bits per heavy atom. The largest absolute Gasteiger partial charge is 0.508 e. The third-order valence-electron chi connectivity index (χ3n) is 10.5. The number of aryl methyl sites for hydroxylation is 1. The number of esters is 2. The third-order valence-corrected chi connectivity index (χ3v) is 11.8. The molecule has 288 valence electrons. The second kappa shape index (κ2) is 14.7. The molecule has 2 aliphatic heterocycles. The Labute approximate surface area is 314 Å². The summed E-state index contributed by atoms with van der Waals surface area (Å²) >= 11 is 1.10. The molecule has 2 fully saturated rings. The van der Waals surface area contributed by atoms with Crippen LogP contribution in [0.15, 0.2) is 42.5 Å².